The van der Waals surface area contributed by atoms with Gasteiger partial charge in [0.15, 0.2) is 0 Å². The first-order valence-corrected chi connectivity index (χ1v) is 8.69. The van der Waals surface area contributed by atoms with Crippen molar-refractivity contribution in [3.8, 4) is 0 Å². The lowest BCUT2D eigenvalue weighted by atomic mass is 9.76. The zero-order valence-corrected chi connectivity index (χ0v) is 13.5. The van der Waals surface area contributed by atoms with Crippen molar-refractivity contribution in [1.29, 1.82) is 0 Å². The topological polar surface area (TPSA) is 12.0 Å². The third-order valence-corrected chi connectivity index (χ3v) is 5.30. The summed E-state index contributed by atoms with van der Waals surface area (Å²) in [4.78, 5) is 0. The molecule has 2 fully saturated rings. The molecule has 0 heterocycles. The van der Waals surface area contributed by atoms with Gasteiger partial charge in [0.2, 0.25) is 0 Å². The second-order valence-corrected chi connectivity index (χ2v) is 7.34. The van der Waals surface area contributed by atoms with Crippen molar-refractivity contribution in [3.05, 3.63) is 34.1 Å². The third-order valence-electron chi connectivity index (χ3n) is 4.80. The van der Waals surface area contributed by atoms with Crippen molar-refractivity contribution < 1.29 is 4.39 Å². The Labute approximate surface area is 129 Å². The minimum Gasteiger partial charge on any atom is -0.314 e. The highest BCUT2D eigenvalue weighted by atomic mass is 79.9. The summed E-state index contributed by atoms with van der Waals surface area (Å²) in [5, 5.41) is 3.67. The predicted octanol–water partition coefficient (Wildman–Crippen LogP) is 4.69. The molecule has 2 saturated carbocycles. The van der Waals surface area contributed by atoms with Crippen LogP contribution >= 0.6 is 15.9 Å². The predicted molar refractivity (Wildman–Crippen MR) is 84.3 cm³/mol. The van der Waals surface area contributed by atoms with Crippen LogP contribution in [0.5, 0.6) is 0 Å². The maximum atomic E-state index is 13.9. The summed E-state index contributed by atoms with van der Waals surface area (Å²) >= 11 is 3.46. The summed E-state index contributed by atoms with van der Waals surface area (Å²) in [7, 11) is 0. The van der Waals surface area contributed by atoms with E-state index in [-0.39, 0.29) is 5.82 Å². The molecule has 1 aromatic rings. The Kier molecular flexibility index (Phi) is 4.77. The molecule has 3 rings (SSSR count). The average molecular weight is 340 g/mol. The molecule has 2 unspecified atom stereocenters. The fourth-order valence-corrected chi connectivity index (χ4v) is 3.82. The number of rotatable bonds is 5. The van der Waals surface area contributed by atoms with E-state index in [1.165, 1.54) is 38.5 Å². The Hall–Kier alpha value is -0.410. The molecule has 1 nitrogen and oxygen atoms in total. The Morgan fingerprint density at radius 3 is 2.60 bits per heavy atom. The first kappa shape index (κ1) is 14.5. The molecule has 0 spiro atoms. The van der Waals surface area contributed by atoms with Crippen LogP contribution in [0, 0.1) is 17.7 Å². The van der Waals surface area contributed by atoms with Gasteiger partial charge in [0, 0.05) is 10.5 Å². The maximum Gasteiger partial charge on any atom is 0.126 e. The summed E-state index contributed by atoms with van der Waals surface area (Å²) in [6, 6.07) is 6.10. The molecule has 1 N–H and O–H groups in total. The van der Waals surface area contributed by atoms with Crippen LogP contribution in [0.3, 0.4) is 0 Å². The maximum absolute atomic E-state index is 13.9. The summed E-state index contributed by atoms with van der Waals surface area (Å²) in [5.41, 5.74) is 0.877. The summed E-state index contributed by atoms with van der Waals surface area (Å²) < 4.78 is 14.9. The zero-order chi connectivity index (χ0) is 13.9. The van der Waals surface area contributed by atoms with E-state index in [4.69, 9.17) is 0 Å². The van der Waals surface area contributed by atoms with Crippen molar-refractivity contribution >= 4 is 15.9 Å². The van der Waals surface area contributed by atoms with Crippen LogP contribution < -0.4 is 5.32 Å². The Balaban J connectivity index is 1.64. The fraction of sp³-hybridized carbons (Fsp3) is 0.647. The van der Waals surface area contributed by atoms with Gasteiger partial charge in [-0.05, 0) is 74.2 Å². The Bertz CT molecular complexity index is 458. The molecule has 2 atom stereocenters. The number of nitrogens with one attached hydrogen (secondary N) is 1. The largest absolute Gasteiger partial charge is 0.314 e. The van der Waals surface area contributed by atoms with Crippen molar-refractivity contribution in [3.63, 3.8) is 0 Å². The molecule has 2 aliphatic carbocycles. The normalized spacial score (nSPS) is 26.7. The molecule has 0 aliphatic heterocycles. The summed E-state index contributed by atoms with van der Waals surface area (Å²) in [6.45, 7) is 1.13. The second kappa shape index (κ2) is 6.57. The molecule has 2 aliphatic rings. The molecule has 0 saturated heterocycles. The van der Waals surface area contributed by atoms with Gasteiger partial charge in [-0.3, -0.25) is 0 Å². The fourth-order valence-electron chi connectivity index (χ4n) is 3.41. The molecule has 0 radical (unpaired) electrons. The Morgan fingerprint density at radius 1 is 1.10 bits per heavy atom. The molecule has 3 heteroatoms. The highest BCUT2D eigenvalue weighted by Crippen LogP contribution is 2.34. The molecule has 110 valence electrons. The van der Waals surface area contributed by atoms with E-state index < -0.39 is 0 Å². The van der Waals surface area contributed by atoms with Gasteiger partial charge in [0.25, 0.3) is 0 Å². The molecular formula is C17H23BrFN. The quantitative estimate of drug-likeness (QED) is 0.820. The van der Waals surface area contributed by atoms with Gasteiger partial charge >= 0.3 is 0 Å². The lowest BCUT2D eigenvalue weighted by Gasteiger charge is -2.32. The lowest BCUT2D eigenvalue weighted by molar-refractivity contribution is 0.226. The van der Waals surface area contributed by atoms with Crippen LogP contribution in [-0.4, -0.2) is 12.6 Å². The number of benzene rings is 1. The molecule has 0 amide bonds. The van der Waals surface area contributed by atoms with Gasteiger partial charge in [-0.2, -0.15) is 0 Å². The minimum atomic E-state index is -0.0484. The van der Waals surface area contributed by atoms with E-state index in [1.54, 1.807) is 12.1 Å². The van der Waals surface area contributed by atoms with Crippen molar-refractivity contribution in [1.82, 2.24) is 5.32 Å². The highest BCUT2D eigenvalue weighted by Gasteiger charge is 2.28. The number of halogens is 2. The Morgan fingerprint density at radius 2 is 1.85 bits per heavy atom. The minimum absolute atomic E-state index is 0.0484. The molecular weight excluding hydrogens is 317 g/mol. The van der Waals surface area contributed by atoms with Crippen molar-refractivity contribution in [2.45, 2.75) is 51.0 Å². The van der Waals surface area contributed by atoms with Gasteiger partial charge < -0.3 is 5.32 Å². The van der Waals surface area contributed by atoms with Crippen LogP contribution in [0.1, 0.15) is 44.1 Å². The monoisotopic (exact) mass is 339 g/mol. The number of hydrogen-bond donors (Lipinski definition) is 1. The zero-order valence-electron chi connectivity index (χ0n) is 11.9. The van der Waals surface area contributed by atoms with Gasteiger partial charge in [0.05, 0.1) is 0 Å². The SMILES string of the molecule is Fc1ccc(Br)cc1CC1CCCCC1CNC1CC1. The van der Waals surface area contributed by atoms with Crippen molar-refractivity contribution in [2.75, 3.05) is 6.54 Å². The van der Waals surface area contributed by atoms with Gasteiger partial charge in [-0.1, -0.05) is 28.8 Å². The van der Waals surface area contributed by atoms with E-state index in [2.05, 4.69) is 21.2 Å². The van der Waals surface area contributed by atoms with Gasteiger partial charge in [0.1, 0.15) is 5.82 Å². The molecule has 0 aromatic heterocycles. The van der Waals surface area contributed by atoms with Gasteiger partial charge in [-0.15, -0.1) is 0 Å². The first-order chi connectivity index (χ1) is 9.72. The molecule has 1 aromatic carbocycles. The molecule has 20 heavy (non-hydrogen) atoms. The van der Waals surface area contributed by atoms with Crippen LogP contribution in [0.15, 0.2) is 22.7 Å². The van der Waals surface area contributed by atoms with Crippen molar-refractivity contribution in [2.24, 2.45) is 11.8 Å². The lowest BCUT2D eigenvalue weighted by Crippen LogP contribution is -2.32. The van der Waals surface area contributed by atoms with Crippen LogP contribution in [-0.2, 0) is 6.42 Å². The summed E-state index contributed by atoms with van der Waals surface area (Å²) in [6.07, 6.45) is 8.79. The standard InChI is InChI=1S/C17H23BrFN/c18-15-5-8-17(19)14(10-15)9-12-3-1-2-4-13(12)11-20-16-6-7-16/h5,8,10,12-13,16,20H,1-4,6-7,9,11H2. The summed E-state index contributed by atoms with van der Waals surface area (Å²) in [5.74, 6) is 1.31. The van der Waals surface area contributed by atoms with E-state index in [0.717, 1.165) is 35.0 Å². The third kappa shape index (κ3) is 3.82. The average Bonchev–Trinajstić information content (AvgIpc) is 3.26. The smallest absolute Gasteiger partial charge is 0.126 e. The van der Waals surface area contributed by atoms with E-state index >= 15 is 0 Å². The van der Waals surface area contributed by atoms with Crippen LogP contribution in [0.25, 0.3) is 0 Å². The second-order valence-electron chi connectivity index (χ2n) is 6.43. The highest BCUT2D eigenvalue weighted by molar-refractivity contribution is 9.10. The van der Waals surface area contributed by atoms with E-state index in [9.17, 15) is 4.39 Å². The van der Waals surface area contributed by atoms with Crippen LogP contribution in [0.4, 0.5) is 4.39 Å². The van der Waals surface area contributed by atoms with E-state index in [1.807, 2.05) is 6.07 Å². The molecule has 0 bridgehead atoms. The van der Waals surface area contributed by atoms with Crippen LogP contribution in [0.2, 0.25) is 0 Å². The number of hydrogen-bond acceptors (Lipinski definition) is 1. The first-order valence-electron chi connectivity index (χ1n) is 7.89. The van der Waals surface area contributed by atoms with Gasteiger partial charge in [-0.25, -0.2) is 4.39 Å². The van der Waals surface area contributed by atoms with E-state index in [0.29, 0.717) is 5.92 Å².